The van der Waals surface area contributed by atoms with Crippen LogP contribution in [0, 0.1) is 6.92 Å². The van der Waals surface area contributed by atoms with Gasteiger partial charge in [0.2, 0.25) is 0 Å². The quantitative estimate of drug-likeness (QED) is 0.916. The summed E-state index contributed by atoms with van der Waals surface area (Å²) < 4.78 is 5.62. The molecule has 1 saturated heterocycles. The molecule has 1 aromatic heterocycles. The van der Waals surface area contributed by atoms with E-state index in [4.69, 9.17) is 9.72 Å². The van der Waals surface area contributed by atoms with Gasteiger partial charge in [-0.05, 0) is 33.6 Å². The van der Waals surface area contributed by atoms with Crippen LogP contribution in [-0.4, -0.2) is 23.7 Å². The number of rotatable bonds is 3. The maximum absolute atomic E-state index is 5.62. The van der Waals surface area contributed by atoms with Crippen LogP contribution < -0.4 is 5.32 Å². The van der Waals surface area contributed by atoms with E-state index in [1.54, 1.807) is 0 Å². The lowest BCUT2D eigenvalue weighted by Gasteiger charge is -2.30. The van der Waals surface area contributed by atoms with E-state index in [-0.39, 0.29) is 5.41 Å². The molecule has 114 valence electrons. The number of ether oxygens (including phenoxy) is 1. The lowest BCUT2D eigenvalue weighted by Crippen LogP contribution is -2.39. The van der Waals surface area contributed by atoms with E-state index >= 15 is 0 Å². The highest BCUT2D eigenvalue weighted by Gasteiger charge is 2.25. The summed E-state index contributed by atoms with van der Waals surface area (Å²) in [5.74, 6) is 0. The Kier molecular flexibility index (Phi) is 4.88. The third-order valence-corrected chi connectivity index (χ3v) is 5.60. The van der Waals surface area contributed by atoms with Crippen LogP contribution >= 0.6 is 11.3 Å². The van der Waals surface area contributed by atoms with Crippen molar-refractivity contribution in [2.45, 2.75) is 78.0 Å². The third-order valence-electron chi connectivity index (χ3n) is 3.84. The molecule has 4 heteroatoms. The molecule has 2 rings (SSSR count). The summed E-state index contributed by atoms with van der Waals surface area (Å²) in [6.07, 6.45) is 2.59. The Labute approximate surface area is 127 Å². The van der Waals surface area contributed by atoms with E-state index in [0.29, 0.717) is 18.2 Å². The Morgan fingerprint density at radius 3 is 2.65 bits per heavy atom. The summed E-state index contributed by atoms with van der Waals surface area (Å²) >= 11 is 1.86. The normalized spacial score (nSPS) is 25.7. The van der Waals surface area contributed by atoms with Gasteiger partial charge < -0.3 is 10.1 Å². The van der Waals surface area contributed by atoms with Crippen LogP contribution in [0.2, 0.25) is 0 Å². The molecule has 0 aromatic carbocycles. The van der Waals surface area contributed by atoms with Crippen molar-refractivity contribution in [3.63, 3.8) is 0 Å². The molecule has 3 atom stereocenters. The van der Waals surface area contributed by atoms with Gasteiger partial charge in [-0.3, -0.25) is 0 Å². The number of hydrogen-bond donors (Lipinski definition) is 1. The molecule has 0 radical (unpaired) electrons. The van der Waals surface area contributed by atoms with Crippen LogP contribution in [0.5, 0.6) is 0 Å². The minimum absolute atomic E-state index is 0.139. The molecule has 1 N–H and O–H groups in total. The summed E-state index contributed by atoms with van der Waals surface area (Å²) in [5.41, 5.74) is 1.32. The van der Waals surface area contributed by atoms with Gasteiger partial charge in [-0.1, -0.05) is 20.8 Å². The zero-order chi connectivity index (χ0) is 14.9. The molecular weight excluding hydrogens is 268 g/mol. The van der Waals surface area contributed by atoms with E-state index in [1.807, 2.05) is 11.3 Å². The average molecular weight is 296 g/mol. The Morgan fingerprint density at radius 2 is 2.10 bits per heavy atom. The SMILES string of the molecule is Cc1nc(C(C)(C)C)sc1C(C)NC1CCOC(C)C1. The molecular formula is C16H28N2OS. The van der Waals surface area contributed by atoms with Crippen molar-refractivity contribution >= 4 is 11.3 Å². The van der Waals surface area contributed by atoms with E-state index in [2.05, 4.69) is 46.9 Å². The fourth-order valence-electron chi connectivity index (χ4n) is 2.71. The van der Waals surface area contributed by atoms with Crippen molar-refractivity contribution in [3.05, 3.63) is 15.6 Å². The third kappa shape index (κ3) is 3.80. The summed E-state index contributed by atoms with van der Waals surface area (Å²) in [5, 5.41) is 5.00. The highest BCUT2D eigenvalue weighted by molar-refractivity contribution is 7.12. The minimum atomic E-state index is 0.139. The molecule has 0 aliphatic carbocycles. The van der Waals surface area contributed by atoms with E-state index in [9.17, 15) is 0 Å². The monoisotopic (exact) mass is 296 g/mol. The predicted octanol–water partition coefficient (Wildman–Crippen LogP) is 3.97. The molecule has 1 fully saturated rings. The smallest absolute Gasteiger partial charge is 0.0985 e. The van der Waals surface area contributed by atoms with Crippen molar-refractivity contribution in [1.82, 2.24) is 10.3 Å². The second-order valence-electron chi connectivity index (χ2n) is 7.01. The highest BCUT2D eigenvalue weighted by Crippen LogP contribution is 2.33. The average Bonchev–Trinajstić information content (AvgIpc) is 2.71. The fraction of sp³-hybridized carbons (Fsp3) is 0.812. The summed E-state index contributed by atoms with van der Waals surface area (Å²) in [4.78, 5) is 6.15. The maximum atomic E-state index is 5.62. The van der Waals surface area contributed by atoms with Gasteiger partial charge >= 0.3 is 0 Å². The number of aryl methyl sites for hydroxylation is 1. The Bertz CT molecular complexity index is 450. The highest BCUT2D eigenvalue weighted by atomic mass is 32.1. The predicted molar refractivity (Wildman–Crippen MR) is 85.5 cm³/mol. The van der Waals surface area contributed by atoms with Gasteiger partial charge in [-0.15, -0.1) is 11.3 Å². The molecule has 1 aliphatic rings. The molecule has 2 heterocycles. The van der Waals surface area contributed by atoms with Gasteiger partial charge in [0.25, 0.3) is 0 Å². The first-order valence-electron chi connectivity index (χ1n) is 7.63. The molecule has 20 heavy (non-hydrogen) atoms. The van der Waals surface area contributed by atoms with E-state index in [1.165, 1.54) is 15.6 Å². The molecule has 0 bridgehead atoms. The number of aromatic nitrogens is 1. The van der Waals surface area contributed by atoms with Crippen molar-refractivity contribution in [2.24, 2.45) is 0 Å². The summed E-state index contributed by atoms with van der Waals surface area (Å²) in [6.45, 7) is 14.1. The largest absolute Gasteiger partial charge is 0.378 e. The molecule has 0 amide bonds. The zero-order valence-corrected chi connectivity index (χ0v) is 14.4. The topological polar surface area (TPSA) is 34.2 Å². The van der Waals surface area contributed by atoms with E-state index in [0.717, 1.165) is 19.4 Å². The van der Waals surface area contributed by atoms with Gasteiger partial charge in [0.05, 0.1) is 16.8 Å². The van der Waals surface area contributed by atoms with E-state index < -0.39 is 0 Å². The number of hydrogen-bond acceptors (Lipinski definition) is 4. The van der Waals surface area contributed by atoms with Gasteiger partial charge in [-0.2, -0.15) is 0 Å². The van der Waals surface area contributed by atoms with Crippen LogP contribution in [0.3, 0.4) is 0 Å². The first-order valence-corrected chi connectivity index (χ1v) is 8.44. The van der Waals surface area contributed by atoms with Crippen molar-refractivity contribution < 1.29 is 4.74 Å². The van der Waals surface area contributed by atoms with Gasteiger partial charge in [0.15, 0.2) is 0 Å². The summed E-state index contributed by atoms with van der Waals surface area (Å²) in [7, 11) is 0. The summed E-state index contributed by atoms with van der Waals surface area (Å²) in [6, 6.07) is 0.937. The first-order chi connectivity index (χ1) is 9.27. The van der Waals surface area contributed by atoms with Gasteiger partial charge in [-0.25, -0.2) is 4.98 Å². The number of thiazole rings is 1. The van der Waals surface area contributed by atoms with Gasteiger partial charge in [0, 0.05) is 29.0 Å². The van der Waals surface area contributed by atoms with Crippen LogP contribution in [0.1, 0.15) is 69.1 Å². The molecule has 0 spiro atoms. The van der Waals surface area contributed by atoms with Crippen LogP contribution in [0.15, 0.2) is 0 Å². The molecule has 1 aromatic rings. The van der Waals surface area contributed by atoms with Crippen LogP contribution in [0.25, 0.3) is 0 Å². The number of nitrogens with zero attached hydrogens (tertiary/aromatic N) is 1. The second kappa shape index (κ2) is 6.12. The number of nitrogens with one attached hydrogen (secondary N) is 1. The Morgan fingerprint density at radius 1 is 1.40 bits per heavy atom. The Balaban J connectivity index is 2.05. The molecule has 3 unspecified atom stereocenters. The minimum Gasteiger partial charge on any atom is -0.378 e. The molecule has 3 nitrogen and oxygen atoms in total. The molecule has 0 saturated carbocycles. The lowest BCUT2D eigenvalue weighted by molar-refractivity contribution is 0.0116. The second-order valence-corrected chi connectivity index (χ2v) is 8.04. The van der Waals surface area contributed by atoms with Crippen molar-refractivity contribution in [2.75, 3.05) is 6.61 Å². The van der Waals surface area contributed by atoms with Crippen LogP contribution in [0.4, 0.5) is 0 Å². The van der Waals surface area contributed by atoms with Crippen molar-refractivity contribution in [1.29, 1.82) is 0 Å². The van der Waals surface area contributed by atoms with Crippen LogP contribution in [-0.2, 0) is 10.2 Å². The van der Waals surface area contributed by atoms with Crippen molar-refractivity contribution in [3.8, 4) is 0 Å². The maximum Gasteiger partial charge on any atom is 0.0985 e. The standard InChI is InChI=1S/C16H28N2OS/c1-10-9-13(7-8-19-10)17-11(2)14-12(3)18-15(20-14)16(4,5)6/h10-11,13,17H,7-9H2,1-6H3. The lowest BCUT2D eigenvalue weighted by atomic mass is 9.98. The fourth-order valence-corrected chi connectivity index (χ4v) is 3.84. The molecule has 1 aliphatic heterocycles. The van der Waals surface area contributed by atoms with Gasteiger partial charge in [0.1, 0.15) is 0 Å². The Hall–Kier alpha value is -0.450. The first kappa shape index (κ1) is 15.9. The zero-order valence-electron chi connectivity index (χ0n) is 13.6.